The summed E-state index contributed by atoms with van der Waals surface area (Å²) in [6, 6.07) is 18.5. The Bertz CT molecular complexity index is 674. The fraction of sp³-hybridized carbons (Fsp3) is 0.333. The Morgan fingerprint density at radius 3 is 1.80 bits per heavy atom. The van der Waals surface area contributed by atoms with Gasteiger partial charge in [-0.3, -0.25) is 9.59 Å². The fourth-order valence-corrected chi connectivity index (χ4v) is 2.99. The van der Waals surface area contributed by atoms with Gasteiger partial charge in [0.25, 0.3) is 0 Å². The summed E-state index contributed by atoms with van der Waals surface area (Å²) in [5, 5.41) is 2.89. The molecule has 0 fully saturated rings. The lowest BCUT2D eigenvalue weighted by Gasteiger charge is -2.32. The van der Waals surface area contributed by atoms with Crippen molar-refractivity contribution >= 4 is 11.8 Å². The normalized spacial score (nSPS) is 13.7. The van der Waals surface area contributed by atoms with Crippen LogP contribution in [-0.2, 0) is 15.0 Å². The first-order chi connectivity index (χ1) is 11.9. The number of amides is 2. The maximum Gasteiger partial charge on any atom is 0.240 e. The quantitative estimate of drug-likeness (QED) is 0.814. The van der Waals surface area contributed by atoms with E-state index in [1.54, 1.807) is 0 Å². The van der Waals surface area contributed by atoms with Crippen molar-refractivity contribution in [1.82, 2.24) is 5.32 Å². The highest BCUT2D eigenvalue weighted by atomic mass is 16.2. The van der Waals surface area contributed by atoms with Crippen LogP contribution in [0.2, 0.25) is 0 Å². The molecule has 2 atom stereocenters. The van der Waals surface area contributed by atoms with E-state index in [1.807, 2.05) is 81.4 Å². The predicted molar refractivity (Wildman–Crippen MR) is 99.9 cm³/mol. The number of benzene rings is 2. The van der Waals surface area contributed by atoms with E-state index in [0.717, 1.165) is 17.5 Å². The summed E-state index contributed by atoms with van der Waals surface area (Å²) in [4.78, 5) is 25.1. The Hall–Kier alpha value is -2.62. The van der Waals surface area contributed by atoms with Crippen molar-refractivity contribution in [2.45, 2.75) is 38.6 Å². The number of rotatable bonds is 7. The first-order valence-electron chi connectivity index (χ1n) is 8.62. The van der Waals surface area contributed by atoms with Crippen LogP contribution in [0.5, 0.6) is 0 Å². The van der Waals surface area contributed by atoms with Crippen molar-refractivity contribution in [2.24, 2.45) is 11.7 Å². The van der Waals surface area contributed by atoms with Crippen LogP contribution in [0.25, 0.3) is 0 Å². The Labute approximate surface area is 149 Å². The van der Waals surface area contributed by atoms with Gasteiger partial charge in [0.1, 0.15) is 6.04 Å². The Kier molecular flexibility index (Phi) is 5.97. The minimum absolute atomic E-state index is 0.0303. The Morgan fingerprint density at radius 2 is 1.44 bits per heavy atom. The van der Waals surface area contributed by atoms with Gasteiger partial charge in [0.2, 0.25) is 11.8 Å². The maximum atomic E-state index is 13.3. The molecule has 2 aromatic rings. The van der Waals surface area contributed by atoms with Crippen molar-refractivity contribution < 1.29 is 9.59 Å². The third-order valence-corrected chi connectivity index (χ3v) is 4.96. The van der Waals surface area contributed by atoms with Gasteiger partial charge in [0.05, 0.1) is 5.41 Å². The number of carbonyl (C=O) groups is 2. The second-order valence-electron chi connectivity index (χ2n) is 6.60. The predicted octanol–water partition coefficient (Wildman–Crippen LogP) is 3.01. The van der Waals surface area contributed by atoms with Gasteiger partial charge in [-0.05, 0) is 24.0 Å². The third kappa shape index (κ3) is 3.90. The first-order valence-corrected chi connectivity index (χ1v) is 8.62. The van der Waals surface area contributed by atoms with E-state index in [9.17, 15) is 9.59 Å². The molecule has 0 saturated heterocycles. The molecule has 4 nitrogen and oxygen atoms in total. The van der Waals surface area contributed by atoms with Gasteiger partial charge < -0.3 is 11.1 Å². The number of carbonyl (C=O) groups excluding carboxylic acids is 2. The number of nitrogens with two attached hydrogens (primary N) is 1. The molecule has 0 radical (unpaired) electrons. The van der Waals surface area contributed by atoms with Crippen LogP contribution in [0.3, 0.4) is 0 Å². The van der Waals surface area contributed by atoms with Crippen molar-refractivity contribution in [1.29, 1.82) is 0 Å². The molecule has 0 unspecified atom stereocenters. The van der Waals surface area contributed by atoms with Crippen LogP contribution in [-0.4, -0.2) is 17.9 Å². The van der Waals surface area contributed by atoms with Crippen molar-refractivity contribution in [2.75, 3.05) is 0 Å². The molecule has 0 aliphatic rings. The lowest BCUT2D eigenvalue weighted by atomic mass is 9.75. The summed E-state index contributed by atoms with van der Waals surface area (Å²) < 4.78 is 0. The van der Waals surface area contributed by atoms with Crippen LogP contribution in [0, 0.1) is 5.92 Å². The molecule has 2 rings (SSSR count). The van der Waals surface area contributed by atoms with Crippen LogP contribution in [0.4, 0.5) is 0 Å². The van der Waals surface area contributed by atoms with E-state index in [1.165, 1.54) is 0 Å². The highest BCUT2D eigenvalue weighted by molar-refractivity contribution is 5.95. The molecule has 0 heterocycles. The topological polar surface area (TPSA) is 72.2 Å². The molecule has 2 amide bonds. The third-order valence-electron chi connectivity index (χ3n) is 4.96. The zero-order chi connectivity index (χ0) is 18.4. The number of nitrogens with one attached hydrogen (secondary N) is 1. The van der Waals surface area contributed by atoms with E-state index in [2.05, 4.69) is 5.32 Å². The molecule has 0 aliphatic heterocycles. The van der Waals surface area contributed by atoms with Crippen molar-refractivity contribution in [3.05, 3.63) is 71.8 Å². The highest BCUT2D eigenvalue weighted by Gasteiger charge is 2.39. The molecule has 3 N–H and O–H groups in total. The summed E-state index contributed by atoms with van der Waals surface area (Å²) >= 11 is 0. The Morgan fingerprint density at radius 1 is 1.00 bits per heavy atom. The van der Waals surface area contributed by atoms with Gasteiger partial charge in [-0.2, -0.15) is 0 Å². The second-order valence-corrected chi connectivity index (χ2v) is 6.60. The Balaban J connectivity index is 2.46. The van der Waals surface area contributed by atoms with Crippen molar-refractivity contribution in [3.63, 3.8) is 0 Å². The maximum absolute atomic E-state index is 13.3. The zero-order valence-corrected chi connectivity index (χ0v) is 15.0. The highest BCUT2D eigenvalue weighted by Crippen LogP contribution is 2.32. The molecule has 0 bridgehead atoms. The minimum Gasteiger partial charge on any atom is -0.368 e. The number of hydrogen-bond acceptors (Lipinski definition) is 2. The molecule has 0 saturated carbocycles. The van der Waals surface area contributed by atoms with Gasteiger partial charge in [-0.25, -0.2) is 0 Å². The van der Waals surface area contributed by atoms with E-state index >= 15 is 0 Å². The van der Waals surface area contributed by atoms with Gasteiger partial charge in [0, 0.05) is 0 Å². The first kappa shape index (κ1) is 18.7. The summed E-state index contributed by atoms with van der Waals surface area (Å²) in [6.45, 7) is 5.76. The average molecular weight is 338 g/mol. The van der Waals surface area contributed by atoms with Gasteiger partial charge in [-0.1, -0.05) is 80.9 Å². The monoisotopic (exact) mass is 338 g/mol. The lowest BCUT2D eigenvalue weighted by molar-refractivity contribution is -0.130. The summed E-state index contributed by atoms with van der Waals surface area (Å²) in [6.07, 6.45) is 0.751. The van der Waals surface area contributed by atoms with Crippen LogP contribution < -0.4 is 11.1 Å². The molecular weight excluding hydrogens is 312 g/mol. The van der Waals surface area contributed by atoms with Gasteiger partial charge in [0.15, 0.2) is 0 Å². The molecule has 0 spiro atoms. The van der Waals surface area contributed by atoms with E-state index < -0.39 is 17.4 Å². The minimum atomic E-state index is -0.913. The largest absolute Gasteiger partial charge is 0.368 e. The van der Waals surface area contributed by atoms with Crippen LogP contribution >= 0.6 is 0 Å². The van der Waals surface area contributed by atoms with E-state index in [4.69, 9.17) is 5.73 Å². The SMILES string of the molecule is CC[C@H](C)[C@H](NC(=O)C(C)(c1ccccc1)c1ccccc1)C(N)=O. The second kappa shape index (κ2) is 7.97. The summed E-state index contributed by atoms with van der Waals surface area (Å²) in [5.74, 6) is -0.766. The lowest BCUT2D eigenvalue weighted by Crippen LogP contribution is -2.54. The van der Waals surface area contributed by atoms with Crippen LogP contribution in [0.15, 0.2) is 60.7 Å². The molecule has 25 heavy (non-hydrogen) atoms. The van der Waals surface area contributed by atoms with Gasteiger partial charge in [-0.15, -0.1) is 0 Å². The number of hydrogen-bond donors (Lipinski definition) is 2. The zero-order valence-electron chi connectivity index (χ0n) is 15.0. The number of primary amides is 1. The van der Waals surface area contributed by atoms with Crippen molar-refractivity contribution in [3.8, 4) is 0 Å². The molecule has 4 heteroatoms. The average Bonchev–Trinajstić information content (AvgIpc) is 2.65. The van der Waals surface area contributed by atoms with Crippen LogP contribution in [0.1, 0.15) is 38.3 Å². The fourth-order valence-electron chi connectivity index (χ4n) is 2.99. The molecule has 132 valence electrons. The molecule has 2 aromatic carbocycles. The summed E-state index contributed by atoms with van der Waals surface area (Å²) in [7, 11) is 0. The smallest absolute Gasteiger partial charge is 0.240 e. The van der Waals surface area contributed by atoms with E-state index in [-0.39, 0.29) is 11.8 Å². The standard InChI is InChI=1S/C21H26N2O2/c1-4-15(2)18(19(22)24)23-20(25)21(3,16-11-7-5-8-12-16)17-13-9-6-10-14-17/h5-15,18H,4H2,1-3H3,(H2,22,24)(H,23,25)/t15-,18-/m0/s1. The molecule has 0 aromatic heterocycles. The molecular formula is C21H26N2O2. The summed E-state index contributed by atoms with van der Waals surface area (Å²) in [5.41, 5.74) is 6.35. The van der Waals surface area contributed by atoms with Gasteiger partial charge >= 0.3 is 0 Å². The molecule has 0 aliphatic carbocycles. The van der Waals surface area contributed by atoms with E-state index in [0.29, 0.717) is 0 Å².